The fraction of sp³-hybridized carbons (Fsp3) is 1.00. The lowest BCUT2D eigenvalue weighted by atomic mass is 9.76. The Bertz CT molecular complexity index is 298. The third-order valence-corrected chi connectivity index (χ3v) is 6.02. The van der Waals surface area contributed by atoms with Crippen molar-refractivity contribution in [1.82, 2.24) is 15.1 Å². The molecule has 3 heterocycles. The van der Waals surface area contributed by atoms with Crippen molar-refractivity contribution in [2.45, 2.75) is 58.0 Å². The number of fused-ring (bicyclic) bond motifs is 1. The quantitative estimate of drug-likeness (QED) is 0.841. The molecule has 3 aliphatic heterocycles. The topological polar surface area (TPSA) is 18.5 Å². The Kier molecular flexibility index (Phi) is 4.16. The van der Waals surface area contributed by atoms with Crippen molar-refractivity contribution in [1.29, 1.82) is 0 Å². The lowest BCUT2D eigenvalue weighted by Gasteiger charge is -2.48. The second-order valence-corrected chi connectivity index (χ2v) is 7.17. The fourth-order valence-corrected chi connectivity index (χ4v) is 4.48. The summed E-state index contributed by atoms with van der Waals surface area (Å²) in [5, 5.41) is 3.53. The summed E-state index contributed by atoms with van der Waals surface area (Å²) >= 11 is 0. The first kappa shape index (κ1) is 13.8. The van der Waals surface area contributed by atoms with E-state index < -0.39 is 0 Å². The van der Waals surface area contributed by atoms with E-state index in [2.05, 4.69) is 29.0 Å². The zero-order valence-electron chi connectivity index (χ0n) is 12.8. The lowest BCUT2D eigenvalue weighted by molar-refractivity contribution is 0.0140. The van der Waals surface area contributed by atoms with Gasteiger partial charge in [-0.15, -0.1) is 0 Å². The van der Waals surface area contributed by atoms with E-state index in [9.17, 15) is 0 Å². The fourth-order valence-electron chi connectivity index (χ4n) is 4.48. The standard InChI is InChI=1S/C16H31N3/c1-3-16(6-8-17-9-7-16)13-19-12-15-5-4-10-18(15)11-14(19)2/h14-15,17H,3-13H2,1-2H3. The Morgan fingerprint density at radius 3 is 2.74 bits per heavy atom. The Labute approximate surface area is 118 Å². The van der Waals surface area contributed by atoms with Crippen LogP contribution in [0.2, 0.25) is 0 Å². The number of hydrogen-bond acceptors (Lipinski definition) is 3. The average molecular weight is 265 g/mol. The van der Waals surface area contributed by atoms with Gasteiger partial charge in [-0.3, -0.25) is 9.80 Å². The van der Waals surface area contributed by atoms with Crippen molar-refractivity contribution in [3.63, 3.8) is 0 Å². The minimum atomic E-state index is 0.598. The van der Waals surface area contributed by atoms with Gasteiger partial charge in [0.1, 0.15) is 0 Å². The molecule has 3 aliphatic rings. The Morgan fingerprint density at radius 2 is 2.00 bits per heavy atom. The van der Waals surface area contributed by atoms with Crippen LogP contribution in [0.25, 0.3) is 0 Å². The molecule has 0 aliphatic carbocycles. The summed E-state index contributed by atoms with van der Waals surface area (Å²) in [6.45, 7) is 12.6. The van der Waals surface area contributed by atoms with Crippen molar-refractivity contribution in [3.05, 3.63) is 0 Å². The molecule has 0 radical (unpaired) electrons. The summed E-state index contributed by atoms with van der Waals surface area (Å²) in [4.78, 5) is 5.56. The highest BCUT2D eigenvalue weighted by Gasteiger charge is 2.39. The smallest absolute Gasteiger partial charge is 0.0224 e. The molecule has 3 saturated heterocycles. The van der Waals surface area contributed by atoms with Crippen LogP contribution in [-0.4, -0.2) is 61.2 Å². The number of nitrogens with one attached hydrogen (secondary N) is 1. The molecule has 0 aromatic carbocycles. The molecule has 0 bridgehead atoms. The van der Waals surface area contributed by atoms with Crippen molar-refractivity contribution in [3.8, 4) is 0 Å². The van der Waals surface area contributed by atoms with Crippen LogP contribution >= 0.6 is 0 Å². The third-order valence-electron chi connectivity index (χ3n) is 6.02. The summed E-state index contributed by atoms with van der Waals surface area (Å²) in [5.41, 5.74) is 0.598. The first-order valence-electron chi connectivity index (χ1n) is 8.41. The zero-order chi connectivity index (χ0) is 13.3. The van der Waals surface area contributed by atoms with Gasteiger partial charge in [-0.25, -0.2) is 0 Å². The Balaban J connectivity index is 1.64. The van der Waals surface area contributed by atoms with Crippen molar-refractivity contribution >= 4 is 0 Å². The van der Waals surface area contributed by atoms with Gasteiger partial charge in [0.15, 0.2) is 0 Å². The van der Waals surface area contributed by atoms with Crippen LogP contribution < -0.4 is 5.32 Å². The molecule has 110 valence electrons. The highest BCUT2D eigenvalue weighted by molar-refractivity contribution is 4.94. The summed E-state index contributed by atoms with van der Waals surface area (Å²) in [6.07, 6.45) is 6.96. The van der Waals surface area contributed by atoms with Crippen LogP contribution in [-0.2, 0) is 0 Å². The van der Waals surface area contributed by atoms with Crippen LogP contribution in [0.4, 0.5) is 0 Å². The molecular weight excluding hydrogens is 234 g/mol. The van der Waals surface area contributed by atoms with Gasteiger partial charge < -0.3 is 5.32 Å². The van der Waals surface area contributed by atoms with Gasteiger partial charge in [-0.2, -0.15) is 0 Å². The SMILES string of the molecule is CCC1(CN2CC3CCCN3CC2C)CCNCC1. The van der Waals surface area contributed by atoms with Crippen LogP contribution in [0.3, 0.4) is 0 Å². The first-order chi connectivity index (χ1) is 9.22. The molecule has 0 aromatic rings. The molecule has 2 atom stereocenters. The molecule has 19 heavy (non-hydrogen) atoms. The second-order valence-electron chi connectivity index (χ2n) is 7.17. The van der Waals surface area contributed by atoms with Crippen LogP contribution in [0.1, 0.15) is 46.0 Å². The first-order valence-corrected chi connectivity index (χ1v) is 8.41. The number of rotatable bonds is 3. The molecular formula is C16H31N3. The van der Waals surface area contributed by atoms with E-state index in [1.54, 1.807) is 0 Å². The van der Waals surface area contributed by atoms with Gasteiger partial charge in [-0.05, 0) is 64.1 Å². The molecule has 3 heteroatoms. The van der Waals surface area contributed by atoms with E-state index in [4.69, 9.17) is 0 Å². The van der Waals surface area contributed by atoms with E-state index in [0.717, 1.165) is 12.1 Å². The zero-order valence-corrected chi connectivity index (χ0v) is 12.8. The van der Waals surface area contributed by atoms with Gasteiger partial charge >= 0.3 is 0 Å². The predicted octanol–water partition coefficient (Wildman–Crippen LogP) is 1.93. The highest BCUT2D eigenvalue weighted by atomic mass is 15.3. The predicted molar refractivity (Wildman–Crippen MR) is 80.5 cm³/mol. The van der Waals surface area contributed by atoms with E-state index in [1.807, 2.05) is 0 Å². The van der Waals surface area contributed by atoms with Gasteiger partial charge in [0.2, 0.25) is 0 Å². The van der Waals surface area contributed by atoms with E-state index in [0.29, 0.717) is 5.41 Å². The van der Waals surface area contributed by atoms with Crippen LogP contribution in [0, 0.1) is 5.41 Å². The maximum Gasteiger partial charge on any atom is 0.0224 e. The summed E-state index contributed by atoms with van der Waals surface area (Å²) < 4.78 is 0. The average Bonchev–Trinajstić information content (AvgIpc) is 2.87. The third kappa shape index (κ3) is 2.84. The van der Waals surface area contributed by atoms with E-state index >= 15 is 0 Å². The van der Waals surface area contributed by atoms with Gasteiger partial charge in [0.05, 0.1) is 0 Å². The minimum absolute atomic E-state index is 0.598. The summed E-state index contributed by atoms with van der Waals surface area (Å²) in [6, 6.07) is 1.62. The monoisotopic (exact) mass is 265 g/mol. The lowest BCUT2D eigenvalue weighted by Crippen LogP contribution is -2.58. The number of piperazine rings is 1. The van der Waals surface area contributed by atoms with E-state index in [-0.39, 0.29) is 0 Å². The molecule has 3 rings (SSSR count). The molecule has 0 saturated carbocycles. The normalized spacial score (nSPS) is 36.3. The molecule has 0 amide bonds. The molecule has 0 aromatic heterocycles. The molecule has 3 fully saturated rings. The summed E-state index contributed by atoms with van der Waals surface area (Å²) in [5.74, 6) is 0. The van der Waals surface area contributed by atoms with Crippen LogP contribution in [0.5, 0.6) is 0 Å². The van der Waals surface area contributed by atoms with Gasteiger partial charge in [-0.1, -0.05) is 6.92 Å². The molecule has 1 N–H and O–H groups in total. The maximum atomic E-state index is 3.53. The van der Waals surface area contributed by atoms with Crippen LogP contribution in [0.15, 0.2) is 0 Å². The molecule has 3 nitrogen and oxygen atoms in total. The second kappa shape index (κ2) is 5.71. The van der Waals surface area contributed by atoms with Crippen molar-refractivity contribution in [2.24, 2.45) is 5.41 Å². The number of hydrogen-bond donors (Lipinski definition) is 1. The van der Waals surface area contributed by atoms with Crippen molar-refractivity contribution in [2.75, 3.05) is 39.3 Å². The highest BCUT2D eigenvalue weighted by Crippen LogP contribution is 2.35. The minimum Gasteiger partial charge on any atom is -0.317 e. The number of piperidine rings is 1. The maximum absolute atomic E-state index is 3.53. The molecule has 2 unspecified atom stereocenters. The largest absolute Gasteiger partial charge is 0.317 e. The van der Waals surface area contributed by atoms with Gasteiger partial charge in [0, 0.05) is 31.7 Å². The Morgan fingerprint density at radius 1 is 1.21 bits per heavy atom. The van der Waals surface area contributed by atoms with Crippen molar-refractivity contribution < 1.29 is 0 Å². The Hall–Kier alpha value is -0.120. The van der Waals surface area contributed by atoms with E-state index in [1.165, 1.54) is 71.4 Å². The van der Waals surface area contributed by atoms with Gasteiger partial charge in [0.25, 0.3) is 0 Å². The number of nitrogens with zero attached hydrogens (tertiary/aromatic N) is 2. The molecule has 0 spiro atoms. The summed E-state index contributed by atoms with van der Waals surface area (Å²) in [7, 11) is 0.